The molecule has 1 aliphatic carbocycles. The van der Waals surface area contributed by atoms with E-state index in [0.29, 0.717) is 38.5 Å². The smallest absolute Gasteiger partial charge is 0.256 e. The average molecular weight is 399 g/mol. The molecule has 0 fully saturated rings. The molecule has 0 saturated carbocycles. The van der Waals surface area contributed by atoms with E-state index in [9.17, 15) is 4.79 Å². The van der Waals surface area contributed by atoms with Crippen molar-refractivity contribution in [2.45, 2.75) is 23.9 Å². The highest BCUT2D eigenvalue weighted by molar-refractivity contribution is 6.53. The van der Waals surface area contributed by atoms with Crippen LogP contribution in [0.5, 0.6) is 5.75 Å². The van der Waals surface area contributed by atoms with Crippen molar-refractivity contribution in [2.75, 3.05) is 26.3 Å². The van der Waals surface area contributed by atoms with Crippen LogP contribution in [-0.4, -0.2) is 47.7 Å². The summed E-state index contributed by atoms with van der Waals surface area (Å²) in [7, 11) is 0. The largest absolute Gasteiger partial charge is 0.469 e. The third kappa shape index (κ3) is 6.32. The number of alkyl halides is 2. The van der Waals surface area contributed by atoms with E-state index < -0.39 is 10.6 Å². The van der Waals surface area contributed by atoms with Gasteiger partial charge in [-0.25, -0.2) is 0 Å². The maximum Gasteiger partial charge on any atom is 0.256 e. The molecule has 1 amide bonds. The number of ether oxygens (including phenoxy) is 2. The lowest BCUT2D eigenvalue weighted by Gasteiger charge is -2.30. The molecular formula is C19H24Cl2N2O3. The van der Waals surface area contributed by atoms with Gasteiger partial charge in [-0.05, 0) is 30.7 Å². The molecule has 1 aromatic carbocycles. The summed E-state index contributed by atoms with van der Waals surface area (Å²) in [5, 5.41) is 0. The van der Waals surface area contributed by atoms with Gasteiger partial charge in [-0.1, -0.05) is 53.6 Å². The van der Waals surface area contributed by atoms with Crippen molar-refractivity contribution in [3.05, 3.63) is 54.1 Å². The fourth-order valence-electron chi connectivity index (χ4n) is 2.52. The van der Waals surface area contributed by atoms with Gasteiger partial charge in [0.05, 0.1) is 6.61 Å². The first kappa shape index (κ1) is 20.8. The van der Waals surface area contributed by atoms with Crippen molar-refractivity contribution < 1.29 is 14.3 Å². The van der Waals surface area contributed by atoms with Crippen molar-refractivity contribution in [1.29, 1.82) is 0 Å². The van der Waals surface area contributed by atoms with Gasteiger partial charge in [0, 0.05) is 26.1 Å². The molecule has 0 spiro atoms. The minimum atomic E-state index is -1.10. The molecule has 5 nitrogen and oxygen atoms in total. The van der Waals surface area contributed by atoms with Gasteiger partial charge in [-0.15, -0.1) is 0 Å². The number of nitrogens with two attached hydrogens (primary N) is 1. The van der Waals surface area contributed by atoms with Crippen LogP contribution in [-0.2, 0) is 9.53 Å². The van der Waals surface area contributed by atoms with Gasteiger partial charge >= 0.3 is 0 Å². The van der Waals surface area contributed by atoms with Crippen molar-refractivity contribution in [3.63, 3.8) is 0 Å². The van der Waals surface area contributed by atoms with E-state index in [1.165, 1.54) is 0 Å². The van der Waals surface area contributed by atoms with Crippen LogP contribution in [0.1, 0.15) is 13.3 Å². The summed E-state index contributed by atoms with van der Waals surface area (Å²) in [4.78, 5) is 12.7. The number of benzene rings is 1. The third-order valence-electron chi connectivity index (χ3n) is 3.90. The standard InChI is InChI=1S/C19H24Cl2N2O3/c1-2-25-13-12-23(18(24)17(20)21)14-15-8-10-19(22,11-9-15)26-16-6-4-3-5-7-16/h3-10,17H,2,11-14,22H2,1H3. The molecular weight excluding hydrogens is 375 g/mol. The van der Waals surface area contributed by atoms with E-state index >= 15 is 0 Å². The molecule has 1 aromatic rings. The minimum absolute atomic E-state index is 0.340. The summed E-state index contributed by atoms with van der Waals surface area (Å²) < 4.78 is 11.2. The number of para-hydroxylation sites is 1. The lowest BCUT2D eigenvalue weighted by atomic mass is 9.99. The number of carbonyl (C=O) groups is 1. The number of amides is 1. The lowest BCUT2D eigenvalue weighted by Crippen LogP contribution is -2.45. The van der Waals surface area contributed by atoms with Crippen LogP contribution >= 0.6 is 23.2 Å². The Bertz CT molecular complexity index is 649. The van der Waals surface area contributed by atoms with E-state index in [1.54, 1.807) is 11.0 Å². The Morgan fingerprint density at radius 1 is 1.35 bits per heavy atom. The van der Waals surface area contributed by atoms with E-state index in [2.05, 4.69) is 0 Å². The zero-order chi connectivity index (χ0) is 19.0. The fraction of sp³-hybridized carbons (Fsp3) is 0.421. The van der Waals surface area contributed by atoms with Crippen LogP contribution in [0.3, 0.4) is 0 Å². The molecule has 0 heterocycles. The van der Waals surface area contributed by atoms with Gasteiger partial charge in [0.1, 0.15) is 5.75 Å². The molecule has 0 aromatic heterocycles. The quantitative estimate of drug-likeness (QED) is 0.393. The van der Waals surface area contributed by atoms with Gasteiger partial charge in [0.2, 0.25) is 0 Å². The van der Waals surface area contributed by atoms with Crippen LogP contribution in [0.2, 0.25) is 0 Å². The maximum atomic E-state index is 12.2. The first-order chi connectivity index (χ1) is 12.4. The SMILES string of the molecule is CCOCCN(CC1=CCC(N)(Oc2ccccc2)C=C1)C(=O)C(Cl)Cl. The van der Waals surface area contributed by atoms with Crippen LogP contribution in [0, 0.1) is 0 Å². The zero-order valence-corrected chi connectivity index (χ0v) is 16.2. The minimum Gasteiger partial charge on any atom is -0.469 e. The summed E-state index contributed by atoms with van der Waals surface area (Å²) in [6, 6.07) is 9.42. The van der Waals surface area contributed by atoms with Crippen LogP contribution in [0.25, 0.3) is 0 Å². The molecule has 0 aliphatic heterocycles. The molecule has 1 aliphatic rings. The van der Waals surface area contributed by atoms with Gasteiger partial charge < -0.3 is 14.4 Å². The fourth-order valence-corrected chi connectivity index (χ4v) is 2.80. The molecule has 0 bridgehead atoms. The van der Waals surface area contributed by atoms with Crippen molar-refractivity contribution in [2.24, 2.45) is 5.73 Å². The first-order valence-corrected chi connectivity index (χ1v) is 9.36. The Morgan fingerprint density at radius 2 is 2.08 bits per heavy atom. The van der Waals surface area contributed by atoms with E-state index in [1.807, 2.05) is 49.4 Å². The summed E-state index contributed by atoms with van der Waals surface area (Å²) in [5.74, 6) is 0.365. The Morgan fingerprint density at radius 3 is 2.65 bits per heavy atom. The lowest BCUT2D eigenvalue weighted by molar-refractivity contribution is -0.129. The van der Waals surface area contributed by atoms with Crippen LogP contribution in [0.15, 0.2) is 54.1 Å². The Kier molecular flexibility index (Phi) is 7.97. The molecule has 2 N–H and O–H groups in total. The second kappa shape index (κ2) is 9.97. The highest BCUT2D eigenvalue weighted by atomic mass is 35.5. The summed E-state index contributed by atoms with van der Waals surface area (Å²) in [6.45, 7) is 3.72. The number of rotatable bonds is 9. The van der Waals surface area contributed by atoms with Crippen molar-refractivity contribution in [3.8, 4) is 5.75 Å². The second-order valence-corrected chi connectivity index (χ2v) is 7.04. The predicted molar refractivity (Wildman–Crippen MR) is 104 cm³/mol. The van der Waals surface area contributed by atoms with Crippen LogP contribution in [0.4, 0.5) is 0 Å². The molecule has 142 valence electrons. The Labute approximate surface area is 164 Å². The number of hydrogen-bond donors (Lipinski definition) is 1. The van der Waals surface area contributed by atoms with Crippen molar-refractivity contribution >= 4 is 29.1 Å². The van der Waals surface area contributed by atoms with Gasteiger partial charge in [-0.2, -0.15) is 0 Å². The second-order valence-electron chi connectivity index (χ2n) is 5.94. The van der Waals surface area contributed by atoms with Gasteiger partial charge in [0.25, 0.3) is 5.91 Å². The number of halogens is 2. The van der Waals surface area contributed by atoms with Crippen molar-refractivity contribution in [1.82, 2.24) is 4.90 Å². The Balaban J connectivity index is 1.97. The molecule has 7 heteroatoms. The molecule has 0 saturated heterocycles. The number of carbonyl (C=O) groups excluding carboxylic acids is 1. The van der Waals surface area contributed by atoms with E-state index in [0.717, 1.165) is 5.57 Å². The highest BCUT2D eigenvalue weighted by Crippen LogP contribution is 2.24. The highest BCUT2D eigenvalue weighted by Gasteiger charge is 2.27. The third-order valence-corrected chi connectivity index (χ3v) is 4.27. The molecule has 1 atom stereocenters. The number of nitrogens with zero attached hydrogens (tertiary/aromatic N) is 1. The predicted octanol–water partition coefficient (Wildman–Crippen LogP) is 3.28. The maximum absolute atomic E-state index is 12.2. The first-order valence-electron chi connectivity index (χ1n) is 8.49. The zero-order valence-electron chi connectivity index (χ0n) is 14.7. The number of hydrogen-bond acceptors (Lipinski definition) is 4. The average Bonchev–Trinajstić information content (AvgIpc) is 2.63. The topological polar surface area (TPSA) is 64.8 Å². The normalized spacial score (nSPS) is 19.3. The molecule has 1 unspecified atom stereocenters. The summed E-state index contributed by atoms with van der Waals surface area (Å²) >= 11 is 11.5. The molecule has 2 rings (SSSR count). The Hall–Kier alpha value is -1.53. The molecule has 26 heavy (non-hydrogen) atoms. The van der Waals surface area contributed by atoms with E-state index in [-0.39, 0.29) is 5.91 Å². The van der Waals surface area contributed by atoms with Gasteiger partial charge in [0.15, 0.2) is 10.6 Å². The molecule has 0 radical (unpaired) electrons. The summed E-state index contributed by atoms with van der Waals surface area (Å²) in [6.07, 6.45) is 6.12. The summed E-state index contributed by atoms with van der Waals surface area (Å²) in [5.41, 5.74) is 6.33. The van der Waals surface area contributed by atoms with Gasteiger partial charge in [-0.3, -0.25) is 10.5 Å². The van der Waals surface area contributed by atoms with Crippen LogP contribution < -0.4 is 10.5 Å². The van der Waals surface area contributed by atoms with E-state index in [4.69, 9.17) is 38.4 Å². The monoisotopic (exact) mass is 398 g/mol.